The number of pyridine rings is 1. The molecule has 2 atom stereocenters. The minimum absolute atomic E-state index is 0.00638. The third kappa shape index (κ3) is 4.07. The molecule has 0 radical (unpaired) electrons. The van der Waals surface area contributed by atoms with E-state index in [9.17, 15) is 23.1 Å². The number of H-pyrrole nitrogens is 1. The largest absolute Gasteiger partial charge is 0.507 e. The molecule has 1 saturated heterocycles. The summed E-state index contributed by atoms with van der Waals surface area (Å²) >= 11 is 0. The fraction of sp³-hybridized carbons (Fsp3) is 0.526. The van der Waals surface area contributed by atoms with E-state index < -0.39 is 27.3 Å². The molecule has 1 aliphatic heterocycles. The monoisotopic (exact) mass is 423 g/mol. The normalized spacial score (nSPS) is 19.2. The molecule has 0 unspecified atom stereocenters. The number of carbonyl (C=O) groups is 1. The van der Waals surface area contributed by atoms with E-state index in [0.29, 0.717) is 29.1 Å². The number of nitrogens with one attached hydrogen (secondary N) is 1. The summed E-state index contributed by atoms with van der Waals surface area (Å²) in [4.78, 5) is 27.4. The third-order valence-electron chi connectivity index (χ3n) is 5.42. The lowest BCUT2D eigenvalue weighted by Gasteiger charge is -2.19. The number of aromatic hydroxyl groups is 1. The van der Waals surface area contributed by atoms with Crippen LogP contribution in [0.5, 0.6) is 5.75 Å². The zero-order valence-electron chi connectivity index (χ0n) is 16.9. The first kappa shape index (κ1) is 21.1. The minimum Gasteiger partial charge on any atom is -0.507 e. The van der Waals surface area contributed by atoms with Crippen molar-refractivity contribution < 1.29 is 23.1 Å². The molecular formula is C19H25N3O6S. The summed E-state index contributed by atoms with van der Waals surface area (Å²) in [5.41, 5.74) is 1.91. The van der Waals surface area contributed by atoms with Gasteiger partial charge in [0, 0.05) is 22.9 Å². The topological polar surface area (TPSA) is 131 Å². The van der Waals surface area contributed by atoms with E-state index in [1.807, 2.05) is 0 Å². The van der Waals surface area contributed by atoms with Gasteiger partial charge in [0.15, 0.2) is 9.84 Å². The molecule has 0 saturated carbocycles. The van der Waals surface area contributed by atoms with Crippen LogP contribution >= 0.6 is 0 Å². The van der Waals surface area contributed by atoms with E-state index in [4.69, 9.17) is 4.74 Å². The number of nitrogens with zero attached hydrogens (tertiary/aromatic N) is 2. The van der Waals surface area contributed by atoms with Crippen LogP contribution in [0.3, 0.4) is 0 Å². The van der Waals surface area contributed by atoms with Gasteiger partial charge < -0.3 is 14.8 Å². The van der Waals surface area contributed by atoms with Crippen LogP contribution in [0.25, 0.3) is 0 Å². The number of ether oxygens (including phenoxy) is 1. The van der Waals surface area contributed by atoms with Gasteiger partial charge in [-0.05, 0) is 33.3 Å². The Morgan fingerprint density at radius 3 is 2.62 bits per heavy atom. The van der Waals surface area contributed by atoms with Crippen LogP contribution in [0.15, 0.2) is 10.9 Å². The summed E-state index contributed by atoms with van der Waals surface area (Å²) in [6.07, 6.45) is 0.300. The van der Waals surface area contributed by atoms with E-state index in [1.54, 1.807) is 25.5 Å². The number of aromatic nitrogens is 3. The van der Waals surface area contributed by atoms with Crippen molar-refractivity contribution in [3.8, 4) is 5.75 Å². The summed E-state index contributed by atoms with van der Waals surface area (Å²) in [5, 5.41) is 15.0. The van der Waals surface area contributed by atoms with E-state index in [2.05, 4.69) is 10.1 Å². The van der Waals surface area contributed by atoms with Gasteiger partial charge in [0.05, 0.1) is 42.3 Å². The molecule has 29 heavy (non-hydrogen) atoms. The molecule has 9 nitrogen and oxygen atoms in total. The summed E-state index contributed by atoms with van der Waals surface area (Å²) in [6.45, 7) is 5.17. The van der Waals surface area contributed by atoms with Gasteiger partial charge in [-0.15, -0.1) is 0 Å². The Kier molecular flexibility index (Phi) is 5.57. The molecule has 3 heterocycles. The zero-order valence-corrected chi connectivity index (χ0v) is 17.7. The predicted molar refractivity (Wildman–Crippen MR) is 106 cm³/mol. The number of rotatable bonds is 5. The van der Waals surface area contributed by atoms with E-state index in [0.717, 1.165) is 0 Å². The van der Waals surface area contributed by atoms with Gasteiger partial charge in [0.2, 0.25) is 0 Å². The van der Waals surface area contributed by atoms with Crippen molar-refractivity contribution in [1.82, 2.24) is 14.8 Å². The number of carbonyl (C=O) groups excluding carboxylic acids is 1. The van der Waals surface area contributed by atoms with Crippen LogP contribution in [0, 0.1) is 20.8 Å². The number of hydrogen-bond acceptors (Lipinski definition) is 7. The van der Waals surface area contributed by atoms with Crippen LogP contribution in [-0.2, 0) is 19.4 Å². The van der Waals surface area contributed by atoms with Crippen molar-refractivity contribution in [2.75, 3.05) is 18.6 Å². The molecule has 10 heteroatoms. The van der Waals surface area contributed by atoms with E-state index in [1.165, 1.54) is 13.2 Å². The van der Waals surface area contributed by atoms with Crippen LogP contribution < -0.4 is 5.56 Å². The first-order valence-corrected chi connectivity index (χ1v) is 11.1. The number of sulfone groups is 1. The molecule has 158 valence electrons. The lowest BCUT2D eigenvalue weighted by molar-refractivity contribution is -0.140. The standard InChI is InChI=1S/C19H25N3O6S/c1-10-7-15(23)18(19(25)20-10)14(8-16(24)28-4)17-11(2)21-22(12(17)3)13-5-6-29(26,27)9-13/h7,13-14H,5-6,8-9H2,1-4H3,(H2,20,23,25)/t13-,14+/m0/s1. The summed E-state index contributed by atoms with van der Waals surface area (Å²) in [5.74, 6) is -1.42. The molecule has 1 aliphatic rings. The van der Waals surface area contributed by atoms with Gasteiger partial charge in [-0.1, -0.05) is 0 Å². The molecule has 0 spiro atoms. The van der Waals surface area contributed by atoms with E-state index in [-0.39, 0.29) is 35.3 Å². The van der Waals surface area contributed by atoms with Crippen molar-refractivity contribution in [1.29, 1.82) is 0 Å². The zero-order chi connectivity index (χ0) is 21.5. The summed E-state index contributed by atoms with van der Waals surface area (Å²) < 4.78 is 30.3. The molecule has 2 N–H and O–H groups in total. The molecular weight excluding hydrogens is 398 g/mol. The highest BCUT2D eigenvalue weighted by Gasteiger charge is 2.34. The first-order chi connectivity index (χ1) is 13.5. The highest BCUT2D eigenvalue weighted by Crippen LogP contribution is 2.37. The molecule has 1 fully saturated rings. The Bertz CT molecular complexity index is 1120. The van der Waals surface area contributed by atoms with Crippen molar-refractivity contribution in [3.05, 3.63) is 44.6 Å². The Morgan fingerprint density at radius 1 is 1.38 bits per heavy atom. The average Bonchev–Trinajstić information content (AvgIpc) is 3.11. The summed E-state index contributed by atoms with van der Waals surface area (Å²) in [6, 6.07) is 1.13. The van der Waals surface area contributed by atoms with Crippen molar-refractivity contribution in [3.63, 3.8) is 0 Å². The van der Waals surface area contributed by atoms with E-state index >= 15 is 0 Å². The highest BCUT2D eigenvalue weighted by molar-refractivity contribution is 7.91. The van der Waals surface area contributed by atoms with Crippen LogP contribution in [0.2, 0.25) is 0 Å². The van der Waals surface area contributed by atoms with Crippen molar-refractivity contribution in [2.45, 2.75) is 45.6 Å². The number of esters is 1. The predicted octanol–water partition coefficient (Wildman–Crippen LogP) is 1.26. The Morgan fingerprint density at radius 2 is 2.07 bits per heavy atom. The molecule has 0 aromatic carbocycles. The van der Waals surface area contributed by atoms with Crippen molar-refractivity contribution >= 4 is 15.8 Å². The Balaban J connectivity index is 2.15. The maximum Gasteiger partial charge on any atom is 0.306 e. The SMILES string of the molecule is COC(=O)C[C@H](c1c(C)nn([C@H]2CCS(=O)(=O)C2)c1C)c1c(O)cc(C)[nH]c1=O. The van der Waals surface area contributed by atoms with Gasteiger partial charge in [-0.25, -0.2) is 8.42 Å². The van der Waals surface area contributed by atoms with Gasteiger partial charge in [-0.2, -0.15) is 5.10 Å². The second-order valence-corrected chi connectivity index (χ2v) is 9.73. The van der Waals surface area contributed by atoms with Crippen LogP contribution in [0.1, 0.15) is 53.0 Å². The molecule has 2 aromatic rings. The maximum absolute atomic E-state index is 12.6. The van der Waals surface area contributed by atoms with Crippen LogP contribution in [-0.4, -0.2) is 52.9 Å². The van der Waals surface area contributed by atoms with Gasteiger partial charge in [0.25, 0.3) is 5.56 Å². The number of hydrogen-bond donors (Lipinski definition) is 2. The van der Waals surface area contributed by atoms with Gasteiger partial charge in [-0.3, -0.25) is 14.3 Å². The second-order valence-electron chi connectivity index (χ2n) is 7.50. The Hall–Kier alpha value is -2.62. The smallest absolute Gasteiger partial charge is 0.306 e. The molecule has 0 amide bonds. The van der Waals surface area contributed by atoms with Crippen molar-refractivity contribution in [2.24, 2.45) is 0 Å². The lowest BCUT2D eigenvalue weighted by Crippen LogP contribution is -2.22. The quantitative estimate of drug-likeness (QED) is 0.692. The van der Waals surface area contributed by atoms with Gasteiger partial charge in [0.1, 0.15) is 5.75 Å². The fourth-order valence-electron chi connectivity index (χ4n) is 4.12. The maximum atomic E-state index is 12.6. The highest BCUT2D eigenvalue weighted by atomic mass is 32.2. The number of aromatic amines is 1. The Labute approximate surface area is 168 Å². The third-order valence-corrected chi connectivity index (χ3v) is 7.17. The summed E-state index contributed by atoms with van der Waals surface area (Å²) in [7, 11) is -1.85. The number of methoxy groups -OCH3 is 1. The lowest BCUT2D eigenvalue weighted by atomic mass is 9.87. The van der Waals surface area contributed by atoms with Gasteiger partial charge >= 0.3 is 5.97 Å². The van der Waals surface area contributed by atoms with Crippen LogP contribution in [0.4, 0.5) is 0 Å². The molecule has 0 bridgehead atoms. The second kappa shape index (κ2) is 7.66. The molecule has 3 rings (SSSR count). The fourth-order valence-corrected chi connectivity index (χ4v) is 5.81. The molecule has 2 aromatic heterocycles. The average molecular weight is 423 g/mol. The molecule has 0 aliphatic carbocycles. The first-order valence-electron chi connectivity index (χ1n) is 9.29. The number of aryl methyl sites for hydroxylation is 2. The minimum atomic E-state index is -3.11.